The molecule has 1 aliphatic rings. The minimum Gasteiger partial charge on any atom is -0.449 e. The normalized spacial score (nSPS) is 15.7. The lowest BCUT2D eigenvalue weighted by Crippen LogP contribution is -2.37. The zero-order valence-electron chi connectivity index (χ0n) is 13.4. The average molecular weight is 328 g/mol. The molecule has 1 aromatic heterocycles. The Morgan fingerprint density at radius 3 is 2.59 bits per heavy atom. The fourth-order valence-corrected chi connectivity index (χ4v) is 2.39. The molecule has 122 valence electrons. The number of amides is 1. The van der Waals surface area contributed by atoms with Crippen LogP contribution >= 0.6 is 11.6 Å². The maximum absolute atomic E-state index is 12.3. The molecule has 0 aromatic carbocycles. The number of hydrogen-bond acceptors (Lipinski definition) is 4. The molecule has 1 heterocycles. The van der Waals surface area contributed by atoms with Gasteiger partial charge in [-0.2, -0.15) is 5.10 Å². The molecule has 1 fully saturated rings. The molecule has 22 heavy (non-hydrogen) atoms. The van der Waals surface area contributed by atoms with Crippen LogP contribution in [0.5, 0.6) is 0 Å². The molecule has 1 N–H and O–H groups in total. The van der Waals surface area contributed by atoms with E-state index in [1.165, 1.54) is 0 Å². The second kappa shape index (κ2) is 6.69. The Bertz CT molecular complexity index is 579. The molecule has 2 rings (SSSR count). The first-order valence-electron chi connectivity index (χ1n) is 7.53. The largest absolute Gasteiger partial charge is 0.449 e. The quantitative estimate of drug-likeness (QED) is 0.814. The summed E-state index contributed by atoms with van der Waals surface area (Å²) in [6, 6.07) is 0.229. The number of nitrogens with zero attached hydrogens (tertiary/aromatic N) is 2. The lowest BCUT2D eigenvalue weighted by molar-refractivity contribution is -0.129. The van der Waals surface area contributed by atoms with Gasteiger partial charge in [-0.15, -0.1) is 0 Å². The van der Waals surface area contributed by atoms with Crippen molar-refractivity contribution in [3.8, 4) is 0 Å². The third-order valence-corrected chi connectivity index (χ3v) is 3.77. The van der Waals surface area contributed by atoms with Crippen LogP contribution in [0.15, 0.2) is 0 Å². The van der Waals surface area contributed by atoms with E-state index in [0.717, 1.165) is 12.8 Å². The van der Waals surface area contributed by atoms with Crippen molar-refractivity contribution in [2.45, 2.75) is 59.2 Å². The number of carbonyl (C=O) groups excluding carboxylic acids is 2. The molecular formula is C15H22ClN3O3. The second-order valence-electron chi connectivity index (χ2n) is 6.16. The molecule has 0 spiro atoms. The summed E-state index contributed by atoms with van der Waals surface area (Å²) in [4.78, 5) is 24.1. The van der Waals surface area contributed by atoms with Crippen molar-refractivity contribution in [3.63, 3.8) is 0 Å². The highest BCUT2D eigenvalue weighted by Crippen LogP contribution is 2.23. The highest BCUT2D eigenvalue weighted by atomic mass is 35.5. The molecule has 0 saturated heterocycles. The Morgan fingerprint density at radius 1 is 1.41 bits per heavy atom. The topological polar surface area (TPSA) is 73.2 Å². The first kappa shape index (κ1) is 16.8. The van der Waals surface area contributed by atoms with Crippen LogP contribution in [0.1, 0.15) is 49.7 Å². The summed E-state index contributed by atoms with van der Waals surface area (Å²) < 4.78 is 6.81. The van der Waals surface area contributed by atoms with Gasteiger partial charge < -0.3 is 10.1 Å². The first-order valence-corrected chi connectivity index (χ1v) is 7.91. The SMILES string of the molecule is Cc1nn(CC(C)C)c(Cl)c1C(=O)O[C@H](C)C(=O)NC1CC1. The molecule has 0 radical (unpaired) electrons. The molecule has 7 heteroatoms. The van der Waals surface area contributed by atoms with Crippen LogP contribution in [-0.2, 0) is 16.1 Å². The minimum absolute atomic E-state index is 0.229. The Balaban J connectivity index is 2.05. The third-order valence-electron chi connectivity index (χ3n) is 3.38. The summed E-state index contributed by atoms with van der Waals surface area (Å²) >= 11 is 6.22. The molecule has 6 nitrogen and oxygen atoms in total. The van der Waals surface area contributed by atoms with Gasteiger partial charge in [0.05, 0.1) is 5.69 Å². The molecule has 1 aliphatic carbocycles. The zero-order chi connectivity index (χ0) is 16.4. The van der Waals surface area contributed by atoms with Crippen LogP contribution in [-0.4, -0.2) is 33.8 Å². The number of halogens is 1. The van der Waals surface area contributed by atoms with E-state index in [9.17, 15) is 9.59 Å². The molecular weight excluding hydrogens is 306 g/mol. The van der Waals surface area contributed by atoms with Gasteiger partial charge in [0.15, 0.2) is 6.10 Å². The molecule has 1 amide bonds. The first-order chi connectivity index (χ1) is 10.3. The van der Waals surface area contributed by atoms with Gasteiger partial charge in [-0.25, -0.2) is 4.79 Å². The zero-order valence-corrected chi connectivity index (χ0v) is 14.1. The van der Waals surface area contributed by atoms with Crippen molar-refractivity contribution < 1.29 is 14.3 Å². The Labute approximate surface area is 135 Å². The number of nitrogens with one attached hydrogen (secondary N) is 1. The summed E-state index contributed by atoms with van der Waals surface area (Å²) in [5.74, 6) is -0.543. The summed E-state index contributed by atoms with van der Waals surface area (Å²) in [6.45, 7) is 7.95. The van der Waals surface area contributed by atoms with Gasteiger partial charge in [-0.3, -0.25) is 9.48 Å². The van der Waals surface area contributed by atoms with Crippen LogP contribution in [0.3, 0.4) is 0 Å². The van der Waals surface area contributed by atoms with E-state index in [-0.39, 0.29) is 22.7 Å². The maximum Gasteiger partial charge on any atom is 0.343 e. The van der Waals surface area contributed by atoms with Crippen LogP contribution in [0, 0.1) is 12.8 Å². The summed E-state index contributed by atoms with van der Waals surface area (Å²) in [5.41, 5.74) is 0.735. The molecule has 0 unspecified atom stereocenters. The third kappa shape index (κ3) is 4.00. The molecule has 1 saturated carbocycles. The smallest absolute Gasteiger partial charge is 0.343 e. The van der Waals surface area contributed by atoms with Gasteiger partial charge in [-0.1, -0.05) is 25.4 Å². The summed E-state index contributed by atoms with van der Waals surface area (Å²) in [6.07, 6.45) is 1.12. The Morgan fingerprint density at radius 2 is 2.05 bits per heavy atom. The van der Waals surface area contributed by atoms with Crippen molar-refractivity contribution in [1.29, 1.82) is 0 Å². The van der Waals surface area contributed by atoms with Crippen LogP contribution < -0.4 is 5.32 Å². The monoisotopic (exact) mass is 327 g/mol. The number of carbonyl (C=O) groups is 2. The number of rotatable bonds is 6. The second-order valence-corrected chi connectivity index (χ2v) is 6.52. The number of esters is 1. The average Bonchev–Trinajstić information content (AvgIpc) is 3.16. The van der Waals surface area contributed by atoms with Crippen molar-refractivity contribution >= 4 is 23.5 Å². The number of aryl methyl sites for hydroxylation is 1. The Kier molecular flexibility index (Phi) is 5.11. The minimum atomic E-state index is -0.850. The number of ether oxygens (including phenoxy) is 1. The molecule has 1 aromatic rings. The van der Waals surface area contributed by atoms with Crippen molar-refractivity contribution in [3.05, 3.63) is 16.4 Å². The van der Waals surface area contributed by atoms with Crippen molar-refractivity contribution in [2.24, 2.45) is 5.92 Å². The molecule has 1 atom stereocenters. The molecule has 0 aliphatic heterocycles. The van der Waals surface area contributed by atoms with E-state index in [0.29, 0.717) is 18.2 Å². The van der Waals surface area contributed by atoms with Gasteiger partial charge in [0.25, 0.3) is 5.91 Å². The lowest BCUT2D eigenvalue weighted by Gasteiger charge is -2.13. The van der Waals surface area contributed by atoms with E-state index < -0.39 is 12.1 Å². The van der Waals surface area contributed by atoms with Crippen LogP contribution in [0.25, 0.3) is 0 Å². The Hall–Kier alpha value is -1.56. The van der Waals surface area contributed by atoms with E-state index in [4.69, 9.17) is 16.3 Å². The number of hydrogen-bond donors (Lipinski definition) is 1. The number of aromatic nitrogens is 2. The van der Waals surface area contributed by atoms with Crippen molar-refractivity contribution in [1.82, 2.24) is 15.1 Å². The standard InChI is InChI=1S/C15H22ClN3O3/c1-8(2)7-19-13(16)12(9(3)18-19)15(21)22-10(4)14(20)17-11-5-6-11/h8,10-11H,5-7H2,1-4H3,(H,17,20)/t10-/m1/s1. The molecule has 0 bridgehead atoms. The maximum atomic E-state index is 12.3. The fraction of sp³-hybridized carbons (Fsp3) is 0.667. The van der Waals surface area contributed by atoms with Crippen molar-refractivity contribution in [2.75, 3.05) is 0 Å². The van der Waals surface area contributed by atoms with Crippen LogP contribution in [0.2, 0.25) is 5.15 Å². The lowest BCUT2D eigenvalue weighted by atomic mass is 10.2. The highest BCUT2D eigenvalue weighted by Gasteiger charge is 2.29. The van der Waals surface area contributed by atoms with Gasteiger partial charge in [0, 0.05) is 12.6 Å². The van der Waals surface area contributed by atoms with Gasteiger partial charge in [0.1, 0.15) is 10.7 Å². The van der Waals surface area contributed by atoms with Gasteiger partial charge in [-0.05, 0) is 32.6 Å². The van der Waals surface area contributed by atoms with Gasteiger partial charge in [0.2, 0.25) is 0 Å². The highest BCUT2D eigenvalue weighted by molar-refractivity contribution is 6.32. The van der Waals surface area contributed by atoms with E-state index in [2.05, 4.69) is 10.4 Å². The summed E-state index contributed by atoms with van der Waals surface area (Å²) in [5, 5.41) is 7.32. The fourth-order valence-electron chi connectivity index (χ4n) is 2.07. The van der Waals surface area contributed by atoms with Crippen LogP contribution in [0.4, 0.5) is 0 Å². The predicted octanol–water partition coefficient (Wildman–Crippen LogP) is 2.32. The van der Waals surface area contributed by atoms with E-state index in [1.54, 1.807) is 18.5 Å². The predicted molar refractivity (Wildman–Crippen MR) is 82.9 cm³/mol. The summed E-state index contributed by atoms with van der Waals surface area (Å²) in [7, 11) is 0. The van der Waals surface area contributed by atoms with E-state index in [1.807, 2.05) is 13.8 Å². The van der Waals surface area contributed by atoms with Gasteiger partial charge >= 0.3 is 5.97 Å². The van der Waals surface area contributed by atoms with E-state index >= 15 is 0 Å².